The largest absolute Gasteiger partial charge is 0.350 e. The Morgan fingerprint density at radius 1 is 1.00 bits per heavy atom. The molecule has 0 fully saturated rings. The zero-order chi connectivity index (χ0) is 18.4. The first-order valence-corrected chi connectivity index (χ1v) is 8.59. The second-order valence-corrected chi connectivity index (χ2v) is 6.36. The predicted molar refractivity (Wildman–Crippen MR) is 103 cm³/mol. The average molecular weight is 367 g/mol. The highest BCUT2D eigenvalue weighted by Crippen LogP contribution is 2.11. The molecule has 0 radical (unpaired) electrons. The smallest absolute Gasteiger partial charge is 0.257 e. The molecular formula is C20H19ClN4O. The molecule has 1 amide bonds. The van der Waals surface area contributed by atoms with Gasteiger partial charge in [-0.05, 0) is 23.3 Å². The molecule has 3 rings (SSSR count). The van der Waals surface area contributed by atoms with Crippen molar-refractivity contribution in [1.29, 1.82) is 0 Å². The number of nitrogens with zero attached hydrogens (tertiary/aromatic N) is 3. The lowest BCUT2D eigenvalue weighted by Gasteiger charge is -2.17. The summed E-state index contributed by atoms with van der Waals surface area (Å²) in [6.07, 6.45) is 3.09. The van der Waals surface area contributed by atoms with E-state index in [2.05, 4.69) is 15.3 Å². The van der Waals surface area contributed by atoms with E-state index >= 15 is 0 Å². The predicted octanol–water partition coefficient (Wildman–Crippen LogP) is 4.01. The van der Waals surface area contributed by atoms with Gasteiger partial charge in [-0.3, -0.25) is 4.79 Å². The van der Waals surface area contributed by atoms with Crippen LogP contribution in [0.25, 0.3) is 0 Å². The first kappa shape index (κ1) is 17.9. The number of hydrogen-bond acceptors (Lipinski definition) is 4. The van der Waals surface area contributed by atoms with Gasteiger partial charge in [0.1, 0.15) is 0 Å². The molecule has 2 aromatic carbocycles. The van der Waals surface area contributed by atoms with Crippen molar-refractivity contribution in [1.82, 2.24) is 14.9 Å². The van der Waals surface area contributed by atoms with Crippen LogP contribution in [0.3, 0.4) is 0 Å². The number of benzene rings is 2. The Morgan fingerprint density at radius 3 is 2.31 bits per heavy atom. The van der Waals surface area contributed by atoms with Crippen LogP contribution in [-0.2, 0) is 13.1 Å². The summed E-state index contributed by atoms with van der Waals surface area (Å²) in [6.45, 7) is 1.12. The summed E-state index contributed by atoms with van der Waals surface area (Å²) in [7, 11) is 1.77. The lowest BCUT2D eigenvalue weighted by molar-refractivity contribution is 0.0784. The van der Waals surface area contributed by atoms with E-state index in [0.29, 0.717) is 29.6 Å². The van der Waals surface area contributed by atoms with Crippen molar-refractivity contribution >= 4 is 23.5 Å². The summed E-state index contributed by atoms with van der Waals surface area (Å²) in [4.78, 5) is 22.6. The number of carbonyl (C=O) groups is 1. The second-order valence-electron chi connectivity index (χ2n) is 5.92. The van der Waals surface area contributed by atoms with Crippen LogP contribution in [0.1, 0.15) is 21.5 Å². The van der Waals surface area contributed by atoms with Crippen LogP contribution >= 0.6 is 11.6 Å². The molecule has 0 spiro atoms. The number of carbonyl (C=O) groups excluding carboxylic acids is 1. The van der Waals surface area contributed by atoms with Crippen molar-refractivity contribution in [2.75, 3.05) is 12.4 Å². The Labute approximate surface area is 157 Å². The van der Waals surface area contributed by atoms with Crippen LogP contribution in [0.5, 0.6) is 0 Å². The highest BCUT2D eigenvalue weighted by molar-refractivity contribution is 6.30. The molecule has 1 heterocycles. The number of nitrogens with one attached hydrogen (secondary N) is 1. The SMILES string of the molecule is CN(Cc1ccccc1)C(=O)c1cnc(NCc2ccc(Cl)cc2)nc1. The zero-order valence-electron chi connectivity index (χ0n) is 14.4. The third-order valence-corrected chi connectivity index (χ3v) is 4.12. The van der Waals surface area contributed by atoms with Gasteiger partial charge in [0.05, 0.1) is 5.56 Å². The van der Waals surface area contributed by atoms with Crippen LogP contribution in [0, 0.1) is 0 Å². The van der Waals surface area contributed by atoms with Crippen LogP contribution in [0.15, 0.2) is 67.0 Å². The zero-order valence-corrected chi connectivity index (χ0v) is 15.1. The van der Waals surface area contributed by atoms with Gasteiger partial charge in [-0.15, -0.1) is 0 Å². The number of rotatable bonds is 6. The molecule has 0 saturated heterocycles. The Kier molecular flexibility index (Phi) is 5.81. The fraction of sp³-hybridized carbons (Fsp3) is 0.150. The lowest BCUT2D eigenvalue weighted by Crippen LogP contribution is -2.26. The maximum absolute atomic E-state index is 12.5. The number of amides is 1. The number of aromatic nitrogens is 2. The molecule has 1 aromatic heterocycles. The molecule has 0 atom stereocenters. The molecular weight excluding hydrogens is 348 g/mol. The van der Waals surface area contributed by atoms with Crippen LogP contribution in [0.4, 0.5) is 5.95 Å². The van der Waals surface area contributed by atoms with Gasteiger partial charge in [-0.1, -0.05) is 54.1 Å². The highest BCUT2D eigenvalue weighted by Gasteiger charge is 2.13. The summed E-state index contributed by atoms with van der Waals surface area (Å²) in [5, 5.41) is 3.83. The third kappa shape index (κ3) is 4.80. The molecule has 3 aromatic rings. The van der Waals surface area contributed by atoms with Gasteiger partial charge >= 0.3 is 0 Å². The van der Waals surface area contributed by atoms with E-state index in [-0.39, 0.29) is 5.91 Å². The first-order valence-electron chi connectivity index (χ1n) is 8.21. The molecule has 132 valence electrons. The maximum Gasteiger partial charge on any atom is 0.257 e. The number of hydrogen-bond donors (Lipinski definition) is 1. The topological polar surface area (TPSA) is 58.1 Å². The van der Waals surface area contributed by atoms with E-state index < -0.39 is 0 Å². The molecule has 0 bridgehead atoms. The standard InChI is InChI=1S/C20H19ClN4O/c1-25(14-16-5-3-2-4-6-16)19(26)17-12-23-20(24-13-17)22-11-15-7-9-18(21)10-8-15/h2-10,12-13H,11,14H2,1H3,(H,22,23,24). The summed E-state index contributed by atoms with van der Waals surface area (Å²) >= 11 is 5.87. The summed E-state index contributed by atoms with van der Waals surface area (Å²) < 4.78 is 0. The minimum Gasteiger partial charge on any atom is -0.350 e. The summed E-state index contributed by atoms with van der Waals surface area (Å²) in [5.74, 6) is 0.361. The summed E-state index contributed by atoms with van der Waals surface area (Å²) in [6, 6.07) is 17.4. The molecule has 0 aliphatic carbocycles. The van der Waals surface area contributed by atoms with Crippen molar-refractivity contribution in [3.63, 3.8) is 0 Å². The van der Waals surface area contributed by atoms with Crippen molar-refractivity contribution in [2.24, 2.45) is 0 Å². The van der Waals surface area contributed by atoms with E-state index in [1.807, 2.05) is 54.6 Å². The second kappa shape index (κ2) is 8.45. The van der Waals surface area contributed by atoms with Crippen LogP contribution in [0.2, 0.25) is 5.02 Å². The number of anilines is 1. The Hall–Kier alpha value is -2.92. The molecule has 6 heteroatoms. The number of halogens is 1. The van der Waals surface area contributed by atoms with Gasteiger partial charge in [0.25, 0.3) is 5.91 Å². The van der Waals surface area contributed by atoms with Crippen molar-refractivity contribution < 1.29 is 4.79 Å². The van der Waals surface area contributed by atoms with E-state index in [4.69, 9.17) is 11.6 Å². The van der Waals surface area contributed by atoms with E-state index in [1.165, 1.54) is 0 Å². The molecule has 0 aliphatic heterocycles. The average Bonchev–Trinajstić information content (AvgIpc) is 2.68. The van der Waals surface area contributed by atoms with Crippen LogP contribution < -0.4 is 5.32 Å². The van der Waals surface area contributed by atoms with Gasteiger partial charge < -0.3 is 10.2 Å². The lowest BCUT2D eigenvalue weighted by atomic mass is 10.2. The van der Waals surface area contributed by atoms with Crippen molar-refractivity contribution in [3.8, 4) is 0 Å². The minimum absolute atomic E-state index is 0.113. The monoisotopic (exact) mass is 366 g/mol. The summed E-state index contributed by atoms with van der Waals surface area (Å²) in [5.41, 5.74) is 2.60. The quantitative estimate of drug-likeness (QED) is 0.716. The van der Waals surface area contributed by atoms with E-state index in [9.17, 15) is 4.79 Å². The van der Waals surface area contributed by atoms with Gasteiger partial charge in [-0.25, -0.2) is 9.97 Å². The van der Waals surface area contributed by atoms with Gasteiger partial charge in [0.15, 0.2) is 0 Å². The first-order chi connectivity index (χ1) is 12.6. The maximum atomic E-state index is 12.5. The third-order valence-electron chi connectivity index (χ3n) is 3.87. The molecule has 0 aliphatic rings. The van der Waals surface area contributed by atoms with Crippen molar-refractivity contribution in [3.05, 3.63) is 88.7 Å². The Bertz CT molecular complexity index is 851. The molecule has 1 N–H and O–H groups in total. The van der Waals surface area contributed by atoms with E-state index in [1.54, 1.807) is 24.3 Å². The Morgan fingerprint density at radius 2 is 1.65 bits per heavy atom. The van der Waals surface area contributed by atoms with E-state index in [0.717, 1.165) is 11.1 Å². The fourth-order valence-electron chi connectivity index (χ4n) is 2.46. The molecule has 0 saturated carbocycles. The molecule has 0 unspecified atom stereocenters. The molecule has 5 nitrogen and oxygen atoms in total. The normalized spacial score (nSPS) is 10.4. The van der Waals surface area contributed by atoms with Crippen molar-refractivity contribution in [2.45, 2.75) is 13.1 Å². The van der Waals surface area contributed by atoms with Gasteiger partial charge in [0.2, 0.25) is 5.95 Å². The minimum atomic E-state index is -0.113. The van der Waals surface area contributed by atoms with Gasteiger partial charge in [-0.2, -0.15) is 0 Å². The van der Waals surface area contributed by atoms with Crippen LogP contribution in [-0.4, -0.2) is 27.8 Å². The fourth-order valence-corrected chi connectivity index (χ4v) is 2.59. The highest BCUT2D eigenvalue weighted by atomic mass is 35.5. The molecule has 26 heavy (non-hydrogen) atoms. The Balaban J connectivity index is 1.57. The van der Waals surface area contributed by atoms with Gasteiger partial charge in [0, 0.05) is 37.6 Å².